The number of primary amides is 1. The van der Waals surface area contributed by atoms with Gasteiger partial charge in [0.25, 0.3) is 5.69 Å². The van der Waals surface area contributed by atoms with Crippen LogP contribution in [0, 0.1) is 15.5 Å². The minimum atomic E-state index is -0.870. The molecule has 0 aliphatic heterocycles. The highest BCUT2D eigenvalue weighted by atomic mass is 16.6. The van der Waals surface area contributed by atoms with Crippen LogP contribution in [0.1, 0.15) is 19.4 Å². The van der Waals surface area contributed by atoms with Gasteiger partial charge in [-0.05, 0) is 38.1 Å². The third-order valence-electron chi connectivity index (χ3n) is 4.91. The molecule has 3 rings (SSSR count). The van der Waals surface area contributed by atoms with Crippen molar-refractivity contribution in [3.8, 4) is 16.9 Å². The van der Waals surface area contributed by atoms with Gasteiger partial charge in [0.15, 0.2) is 0 Å². The normalized spacial score (nSPS) is 11.2. The van der Waals surface area contributed by atoms with Crippen molar-refractivity contribution in [3.63, 3.8) is 0 Å². The van der Waals surface area contributed by atoms with Gasteiger partial charge in [-0.3, -0.25) is 19.7 Å². The fourth-order valence-electron chi connectivity index (χ4n) is 2.88. The molecule has 2 aromatic carbocycles. The number of carbonyl (C=O) groups is 2. The second-order valence-electron chi connectivity index (χ2n) is 7.79. The Bertz CT molecular complexity index is 1100. The van der Waals surface area contributed by atoms with Crippen LogP contribution in [0.4, 0.5) is 5.69 Å². The number of nitrogens with one attached hydrogen (secondary N) is 1. The van der Waals surface area contributed by atoms with Crippen LogP contribution in [-0.4, -0.2) is 33.1 Å². The van der Waals surface area contributed by atoms with Crippen LogP contribution in [-0.2, 0) is 16.0 Å². The van der Waals surface area contributed by atoms with Crippen molar-refractivity contribution in [2.45, 2.75) is 20.3 Å². The van der Waals surface area contributed by atoms with Gasteiger partial charge in [-0.1, -0.05) is 18.2 Å². The van der Waals surface area contributed by atoms with Crippen molar-refractivity contribution in [3.05, 3.63) is 76.5 Å². The zero-order valence-corrected chi connectivity index (χ0v) is 17.2. The van der Waals surface area contributed by atoms with E-state index in [1.54, 1.807) is 36.9 Å². The van der Waals surface area contributed by atoms with Crippen LogP contribution >= 0.6 is 0 Å². The summed E-state index contributed by atoms with van der Waals surface area (Å²) in [6.07, 6.45) is 1.78. The molecular formula is C22H23N5O4. The number of non-ortho nitro benzene ring substituents is 1. The number of benzene rings is 2. The van der Waals surface area contributed by atoms with Crippen molar-refractivity contribution in [2.75, 3.05) is 6.54 Å². The summed E-state index contributed by atoms with van der Waals surface area (Å²) in [5.41, 5.74) is 7.12. The summed E-state index contributed by atoms with van der Waals surface area (Å²) < 4.78 is 1.66. The Morgan fingerprint density at radius 2 is 1.77 bits per heavy atom. The van der Waals surface area contributed by atoms with Crippen LogP contribution in [0.5, 0.6) is 0 Å². The molecule has 0 radical (unpaired) electrons. The molecule has 0 fully saturated rings. The average Bonchev–Trinajstić information content (AvgIpc) is 3.16. The highest BCUT2D eigenvalue weighted by Crippen LogP contribution is 2.26. The van der Waals surface area contributed by atoms with E-state index >= 15 is 0 Å². The topological polar surface area (TPSA) is 133 Å². The largest absolute Gasteiger partial charge is 0.369 e. The summed E-state index contributed by atoms with van der Waals surface area (Å²) in [7, 11) is 0. The maximum Gasteiger partial charge on any atom is 0.269 e. The fourth-order valence-corrected chi connectivity index (χ4v) is 2.88. The summed E-state index contributed by atoms with van der Waals surface area (Å²) in [5, 5.41) is 18.3. The second kappa shape index (κ2) is 8.78. The first-order valence-corrected chi connectivity index (χ1v) is 9.63. The number of nitrogens with zero attached hydrogens (tertiary/aromatic N) is 3. The van der Waals surface area contributed by atoms with Crippen molar-refractivity contribution in [1.82, 2.24) is 15.1 Å². The summed E-state index contributed by atoms with van der Waals surface area (Å²) in [6, 6.07) is 15.4. The van der Waals surface area contributed by atoms with E-state index in [9.17, 15) is 19.7 Å². The number of amides is 2. The molecule has 0 saturated heterocycles. The van der Waals surface area contributed by atoms with Gasteiger partial charge in [-0.2, -0.15) is 5.10 Å². The van der Waals surface area contributed by atoms with Gasteiger partial charge in [-0.15, -0.1) is 0 Å². The molecule has 0 aliphatic rings. The van der Waals surface area contributed by atoms with E-state index in [-0.39, 0.29) is 24.6 Å². The summed E-state index contributed by atoms with van der Waals surface area (Å²) >= 11 is 0. The smallest absolute Gasteiger partial charge is 0.269 e. The van der Waals surface area contributed by atoms with Crippen molar-refractivity contribution < 1.29 is 14.5 Å². The predicted molar refractivity (Wildman–Crippen MR) is 115 cm³/mol. The molecule has 160 valence electrons. The minimum Gasteiger partial charge on any atom is -0.369 e. The van der Waals surface area contributed by atoms with E-state index in [1.807, 2.05) is 30.3 Å². The van der Waals surface area contributed by atoms with E-state index in [1.165, 1.54) is 12.1 Å². The van der Waals surface area contributed by atoms with Gasteiger partial charge in [0, 0.05) is 36.0 Å². The van der Waals surface area contributed by atoms with E-state index < -0.39 is 16.2 Å². The SMILES string of the molecule is CC(C)(CNC(=O)Cc1cn(-c2ccccc2)nc1-c1ccc([N+](=O)[O-])cc1)C(N)=O. The number of nitrogens with two attached hydrogens (primary N) is 1. The van der Waals surface area contributed by atoms with Crippen LogP contribution in [0.2, 0.25) is 0 Å². The number of hydrogen-bond acceptors (Lipinski definition) is 5. The molecule has 1 aromatic heterocycles. The van der Waals surface area contributed by atoms with E-state index in [4.69, 9.17) is 5.73 Å². The summed E-state index contributed by atoms with van der Waals surface area (Å²) in [6.45, 7) is 3.43. The lowest BCUT2D eigenvalue weighted by molar-refractivity contribution is -0.384. The Morgan fingerprint density at radius 1 is 1.13 bits per heavy atom. The molecule has 3 N–H and O–H groups in total. The molecule has 0 aliphatic carbocycles. The molecule has 3 aromatic rings. The third kappa shape index (κ3) is 5.13. The maximum absolute atomic E-state index is 12.6. The van der Waals surface area contributed by atoms with E-state index in [0.29, 0.717) is 16.8 Å². The van der Waals surface area contributed by atoms with Crippen LogP contribution in [0.15, 0.2) is 60.8 Å². The van der Waals surface area contributed by atoms with Gasteiger partial charge in [-0.25, -0.2) is 4.68 Å². The van der Waals surface area contributed by atoms with Gasteiger partial charge < -0.3 is 11.1 Å². The molecule has 9 heteroatoms. The predicted octanol–water partition coefficient (Wildman–Crippen LogP) is 2.62. The summed E-state index contributed by atoms with van der Waals surface area (Å²) in [5.74, 6) is -0.790. The number of aromatic nitrogens is 2. The number of nitro groups is 1. The number of hydrogen-bond donors (Lipinski definition) is 2. The third-order valence-corrected chi connectivity index (χ3v) is 4.91. The highest BCUT2D eigenvalue weighted by Gasteiger charge is 2.26. The van der Waals surface area contributed by atoms with Crippen LogP contribution in [0.25, 0.3) is 16.9 Å². The number of para-hydroxylation sites is 1. The number of carbonyl (C=O) groups excluding carboxylic acids is 2. The van der Waals surface area contributed by atoms with Crippen molar-refractivity contribution in [1.29, 1.82) is 0 Å². The Hall–Kier alpha value is -4.01. The lowest BCUT2D eigenvalue weighted by Gasteiger charge is -2.20. The molecule has 2 amide bonds. The first kappa shape index (κ1) is 21.7. The Labute approximate surface area is 179 Å². The van der Waals surface area contributed by atoms with E-state index in [2.05, 4.69) is 10.4 Å². The lowest BCUT2D eigenvalue weighted by atomic mass is 9.92. The van der Waals surface area contributed by atoms with Gasteiger partial charge >= 0.3 is 0 Å². The molecule has 0 atom stereocenters. The summed E-state index contributed by atoms with van der Waals surface area (Å²) in [4.78, 5) is 34.5. The van der Waals surface area contributed by atoms with Gasteiger partial charge in [0.2, 0.25) is 11.8 Å². The molecule has 0 unspecified atom stereocenters. The minimum absolute atomic E-state index is 0.0218. The quantitative estimate of drug-likeness (QED) is 0.426. The average molecular weight is 421 g/mol. The molecule has 1 heterocycles. The standard InChI is InChI=1S/C22H23N5O4/c1-22(2,21(23)29)14-24-19(28)12-16-13-26(17-6-4-3-5-7-17)25-20(16)15-8-10-18(11-9-15)27(30)31/h3-11,13H,12,14H2,1-2H3,(H2,23,29)(H,24,28). The molecular weight excluding hydrogens is 398 g/mol. The van der Waals surface area contributed by atoms with Crippen LogP contribution in [0.3, 0.4) is 0 Å². The van der Waals surface area contributed by atoms with E-state index in [0.717, 1.165) is 5.69 Å². The van der Waals surface area contributed by atoms with Gasteiger partial charge in [0.1, 0.15) is 0 Å². The van der Waals surface area contributed by atoms with Crippen LogP contribution < -0.4 is 11.1 Å². The fraction of sp³-hybridized carbons (Fsp3) is 0.227. The second-order valence-corrected chi connectivity index (χ2v) is 7.79. The maximum atomic E-state index is 12.6. The first-order chi connectivity index (χ1) is 14.7. The zero-order valence-electron chi connectivity index (χ0n) is 17.2. The van der Waals surface area contributed by atoms with Gasteiger partial charge in [0.05, 0.1) is 28.1 Å². The highest BCUT2D eigenvalue weighted by molar-refractivity contribution is 5.84. The Balaban J connectivity index is 1.90. The molecule has 9 nitrogen and oxygen atoms in total. The number of rotatable bonds is 8. The molecule has 31 heavy (non-hydrogen) atoms. The zero-order chi connectivity index (χ0) is 22.6. The Morgan fingerprint density at radius 3 is 2.35 bits per heavy atom. The van der Waals surface area contributed by atoms with Crippen molar-refractivity contribution in [2.24, 2.45) is 11.1 Å². The van der Waals surface area contributed by atoms with Crippen molar-refractivity contribution >= 4 is 17.5 Å². The lowest BCUT2D eigenvalue weighted by Crippen LogP contribution is -2.42. The molecule has 0 saturated carbocycles. The Kier molecular flexibility index (Phi) is 6.15. The first-order valence-electron chi connectivity index (χ1n) is 9.63. The number of nitro benzene ring substituents is 1. The molecule has 0 spiro atoms. The molecule has 0 bridgehead atoms. The monoisotopic (exact) mass is 421 g/mol.